The molecule has 7 heteroatoms. The fourth-order valence-electron chi connectivity index (χ4n) is 3.03. The van der Waals surface area contributed by atoms with Crippen molar-refractivity contribution in [3.63, 3.8) is 0 Å². The zero-order valence-corrected chi connectivity index (χ0v) is 19.2. The Kier molecular flexibility index (Phi) is 7.52. The van der Waals surface area contributed by atoms with Gasteiger partial charge in [-0.3, -0.25) is 9.59 Å². The van der Waals surface area contributed by atoms with E-state index in [1.807, 2.05) is 57.2 Å². The van der Waals surface area contributed by atoms with Crippen molar-refractivity contribution in [1.29, 1.82) is 0 Å². The van der Waals surface area contributed by atoms with Crippen molar-refractivity contribution in [2.45, 2.75) is 39.3 Å². The van der Waals surface area contributed by atoms with Gasteiger partial charge in [-0.1, -0.05) is 24.3 Å². The Bertz CT molecular complexity index is 1040. The van der Waals surface area contributed by atoms with Crippen LogP contribution in [0.1, 0.15) is 48.5 Å². The fourth-order valence-corrected chi connectivity index (χ4v) is 3.33. The zero-order chi connectivity index (χ0) is 22.4. The summed E-state index contributed by atoms with van der Waals surface area (Å²) in [4.78, 5) is 24.6. The number of anilines is 1. The lowest BCUT2D eigenvalue weighted by atomic mass is 10.1. The number of nitrogens with one attached hydrogen (secondary N) is 2. The summed E-state index contributed by atoms with van der Waals surface area (Å²) < 4.78 is 11.5. The highest BCUT2D eigenvalue weighted by atomic mass is 79.9. The van der Waals surface area contributed by atoms with Gasteiger partial charge in [0.1, 0.15) is 5.75 Å². The Hall–Kier alpha value is -3.06. The lowest BCUT2D eigenvalue weighted by Crippen LogP contribution is -2.28. The molecule has 0 saturated heterocycles. The quantitative estimate of drug-likeness (QED) is 0.442. The first-order chi connectivity index (χ1) is 14.8. The number of hydrogen-bond donors (Lipinski definition) is 2. The Morgan fingerprint density at radius 3 is 2.42 bits per heavy atom. The molecule has 0 radical (unpaired) electrons. The molecule has 0 saturated carbocycles. The number of halogens is 1. The van der Waals surface area contributed by atoms with Gasteiger partial charge in [0.05, 0.1) is 18.6 Å². The van der Waals surface area contributed by atoms with Gasteiger partial charge in [0.25, 0.3) is 5.91 Å². The summed E-state index contributed by atoms with van der Waals surface area (Å²) in [5, 5.41) is 5.77. The molecule has 0 fully saturated rings. The van der Waals surface area contributed by atoms with Crippen molar-refractivity contribution in [1.82, 2.24) is 5.32 Å². The first-order valence-corrected chi connectivity index (χ1v) is 10.8. The lowest BCUT2D eigenvalue weighted by Gasteiger charge is -2.17. The van der Waals surface area contributed by atoms with Crippen molar-refractivity contribution in [3.8, 4) is 5.75 Å². The van der Waals surface area contributed by atoms with Gasteiger partial charge in [0.15, 0.2) is 10.4 Å². The van der Waals surface area contributed by atoms with Gasteiger partial charge in [-0.25, -0.2) is 0 Å². The zero-order valence-electron chi connectivity index (χ0n) is 17.6. The summed E-state index contributed by atoms with van der Waals surface area (Å²) >= 11 is 3.17. The van der Waals surface area contributed by atoms with E-state index >= 15 is 0 Å². The molecule has 3 rings (SSSR count). The van der Waals surface area contributed by atoms with Gasteiger partial charge < -0.3 is 19.8 Å². The van der Waals surface area contributed by atoms with Crippen molar-refractivity contribution < 1.29 is 18.7 Å². The van der Waals surface area contributed by atoms with Crippen LogP contribution in [0.2, 0.25) is 0 Å². The molecule has 1 atom stereocenters. The summed E-state index contributed by atoms with van der Waals surface area (Å²) in [6, 6.07) is 18.0. The van der Waals surface area contributed by atoms with Crippen molar-refractivity contribution >= 4 is 33.4 Å². The molecular formula is C24H25BrN2O4. The summed E-state index contributed by atoms with van der Waals surface area (Å²) in [6.45, 7) is 5.90. The van der Waals surface area contributed by atoms with Crippen molar-refractivity contribution in [2.75, 3.05) is 5.32 Å². The van der Waals surface area contributed by atoms with Crippen LogP contribution >= 0.6 is 15.9 Å². The van der Waals surface area contributed by atoms with Crippen LogP contribution in [0.4, 0.5) is 5.69 Å². The SMILES string of the molecule is CC(C)Oc1cccc(C(C)NC(=O)Cc2ccc(NC(=O)c3ccc(Br)o3)cc2)c1. The second kappa shape index (κ2) is 10.3. The molecule has 1 heterocycles. The average molecular weight is 485 g/mol. The molecule has 3 aromatic rings. The largest absolute Gasteiger partial charge is 0.491 e. The summed E-state index contributed by atoms with van der Waals surface area (Å²) in [6.07, 6.45) is 0.333. The van der Waals surface area contributed by atoms with Gasteiger partial charge in [0, 0.05) is 5.69 Å². The van der Waals surface area contributed by atoms with E-state index in [9.17, 15) is 9.59 Å². The maximum absolute atomic E-state index is 12.5. The first kappa shape index (κ1) is 22.6. The molecule has 0 aliphatic heterocycles. The minimum Gasteiger partial charge on any atom is -0.491 e. The number of hydrogen-bond acceptors (Lipinski definition) is 4. The molecular weight excluding hydrogens is 460 g/mol. The summed E-state index contributed by atoms with van der Waals surface area (Å²) in [5.74, 6) is 0.578. The molecule has 0 bridgehead atoms. The Labute approximate surface area is 190 Å². The number of benzene rings is 2. The number of carbonyl (C=O) groups excluding carboxylic acids is 2. The van der Waals surface area contributed by atoms with Gasteiger partial charge in [0.2, 0.25) is 5.91 Å². The van der Waals surface area contributed by atoms with E-state index in [1.54, 1.807) is 24.3 Å². The lowest BCUT2D eigenvalue weighted by molar-refractivity contribution is -0.121. The average Bonchev–Trinajstić information content (AvgIpc) is 3.15. The molecule has 31 heavy (non-hydrogen) atoms. The Balaban J connectivity index is 1.54. The number of furan rings is 1. The third-order valence-electron chi connectivity index (χ3n) is 4.48. The molecule has 2 amide bonds. The van der Waals surface area contributed by atoms with E-state index in [4.69, 9.17) is 9.15 Å². The van der Waals surface area contributed by atoms with Gasteiger partial charge >= 0.3 is 0 Å². The van der Waals surface area contributed by atoms with E-state index in [0.717, 1.165) is 16.9 Å². The Morgan fingerprint density at radius 1 is 1.03 bits per heavy atom. The molecule has 6 nitrogen and oxygen atoms in total. The molecule has 1 unspecified atom stereocenters. The Morgan fingerprint density at radius 2 is 1.77 bits per heavy atom. The van der Waals surface area contributed by atoms with E-state index in [-0.39, 0.29) is 36.1 Å². The normalized spacial score (nSPS) is 11.8. The van der Waals surface area contributed by atoms with Gasteiger partial charge in [-0.2, -0.15) is 0 Å². The van der Waals surface area contributed by atoms with E-state index in [1.165, 1.54) is 0 Å². The van der Waals surface area contributed by atoms with Gasteiger partial charge in [-0.05, 0) is 84.2 Å². The summed E-state index contributed by atoms with van der Waals surface area (Å²) in [7, 11) is 0. The van der Waals surface area contributed by atoms with Crippen LogP contribution in [-0.2, 0) is 11.2 Å². The van der Waals surface area contributed by atoms with Crippen LogP contribution < -0.4 is 15.4 Å². The smallest absolute Gasteiger partial charge is 0.291 e. The number of amides is 2. The molecule has 0 aliphatic carbocycles. The highest BCUT2D eigenvalue weighted by Gasteiger charge is 2.13. The second-order valence-corrected chi connectivity index (χ2v) is 8.24. The van der Waals surface area contributed by atoms with Crippen LogP contribution in [0.3, 0.4) is 0 Å². The highest BCUT2D eigenvalue weighted by molar-refractivity contribution is 9.10. The maximum atomic E-state index is 12.5. The molecule has 0 spiro atoms. The van der Waals surface area contributed by atoms with Crippen LogP contribution in [0, 0.1) is 0 Å². The van der Waals surface area contributed by atoms with E-state index in [2.05, 4.69) is 26.6 Å². The fraction of sp³-hybridized carbons (Fsp3) is 0.250. The molecule has 2 N–H and O–H groups in total. The highest BCUT2D eigenvalue weighted by Crippen LogP contribution is 2.21. The predicted molar refractivity (Wildman–Crippen MR) is 123 cm³/mol. The summed E-state index contributed by atoms with van der Waals surface area (Å²) in [5.41, 5.74) is 2.45. The van der Waals surface area contributed by atoms with Crippen LogP contribution in [0.5, 0.6) is 5.75 Å². The van der Waals surface area contributed by atoms with Gasteiger partial charge in [-0.15, -0.1) is 0 Å². The maximum Gasteiger partial charge on any atom is 0.291 e. The number of rotatable bonds is 8. The van der Waals surface area contributed by atoms with Crippen LogP contribution in [-0.4, -0.2) is 17.9 Å². The molecule has 2 aromatic carbocycles. The topological polar surface area (TPSA) is 80.6 Å². The minimum atomic E-state index is -0.339. The monoisotopic (exact) mass is 484 g/mol. The van der Waals surface area contributed by atoms with E-state index in [0.29, 0.717) is 10.4 Å². The van der Waals surface area contributed by atoms with E-state index < -0.39 is 0 Å². The number of ether oxygens (including phenoxy) is 1. The van der Waals surface area contributed by atoms with Crippen molar-refractivity contribution in [2.24, 2.45) is 0 Å². The van der Waals surface area contributed by atoms with Crippen molar-refractivity contribution in [3.05, 3.63) is 82.2 Å². The molecule has 162 valence electrons. The molecule has 1 aromatic heterocycles. The minimum absolute atomic E-state index is 0.0834. The van der Waals surface area contributed by atoms with Crippen LogP contribution in [0.25, 0.3) is 0 Å². The standard InChI is InChI=1S/C24H25BrN2O4/c1-15(2)30-20-6-4-5-18(14-20)16(3)26-23(28)13-17-7-9-19(10-8-17)27-24(29)21-11-12-22(25)31-21/h4-12,14-16H,13H2,1-3H3,(H,26,28)(H,27,29). The molecule has 0 aliphatic rings. The third-order valence-corrected chi connectivity index (χ3v) is 4.91. The first-order valence-electron chi connectivity index (χ1n) is 10.0. The predicted octanol–water partition coefficient (Wildman–Crippen LogP) is 5.50. The van der Waals surface area contributed by atoms with Crippen LogP contribution in [0.15, 0.2) is 69.8 Å². The number of carbonyl (C=O) groups is 2. The third kappa shape index (κ3) is 6.72. The second-order valence-electron chi connectivity index (χ2n) is 7.46.